The normalized spacial score (nSPS) is 18.0. The third kappa shape index (κ3) is 4.90. The Balaban J connectivity index is 1.27. The highest BCUT2D eigenvalue weighted by molar-refractivity contribution is 9.10. The zero-order valence-electron chi connectivity index (χ0n) is 22.4. The SMILES string of the molecule is CC(C)CN(Cc1ccccc1)C(=O)c1ccc2c(c1)C1CN(C(=O)c3ccc4n[nH]c(Br)c4c3)CC1NC2=O. The number of fused-ring (bicyclic) bond motifs is 4. The van der Waals surface area contributed by atoms with Crippen molar-refractivity contribution >= 4 is 44.6 Å². The molecule has 3 heterocycles. The molecule has 8 nitrogen and oxygen atoms in total. The molecular weight excluding hydrogens is 570 g/mol. The molecule has 0 bridgehead atoms. The monoisotopic (exact) mass is 599 g/mol. The van der Waals surface area contributed by atoms with Crippen LogP contribution in [0.4, 0.5) is 0 Å². The molecule has 2 aliphatic heterocycles. The van der Waals surface area contributed by atoms with E-state index in [2.05, 4.69) is 45.3 Å². The summed E-state index contributed by atoms with van der Waals surface area (Å²) in [5.41, 5.74) is 4.36. The van der Waals surface area contributed by atoms with Gasteiger partial charge in [-0.25, -0.2) is 0 Å². The summed E-state index contributed by atoms with van der Waals surface area (Å²) in [5.74, 6) is -0.124. The maximum atomic E-state index is 13.8. The molecule has 1 saturated heterocycles. The van der Waals surface area contributed by atoms with Gasteiger partial charge in [0, 0.05) is 54.2 Å². The predicted octanol–water partition coefficient (Wildman–Crippen LogP) is 4.98. The van der Waals surface area contributed by atoms with Gasteiger partial charge in [-0.3, -0.25) is 19.5 Å². The highest BCUT2D eigenvalue weighted by Crippen LogP contribution is 2.35. The van der Waals surface area contributed by atoms with Crippen molar-refractivity contribution in [3.05, 3.63) is 99.2 Å². The molecule has 4 aromatic rings. The number of nitrogens with one attached hydrogen (secondary N) is 2. The number of likely N-dealkylation sites (tertiary alicyclic amines) is 1. The maximum absolute atomic E-state index is 13.8. The van der Waals surface area contributed by atoms with Crippen molar-refractivity contribution in [3.63, 3.8) is 0 Å². The molecule has 2 atom stereocenters. The number of hydrogen-bond donors (Lipinski definition) is 2. The van der Waals surface area contributed by atoms with E-state index in [0.717, 1.165) is 26.6 Å². The fraction of sp³-hybridized carbons (Fsp3) is 0.290. The molecule has 40 heavy (non-hydrogen) atoms. The highest BCUT2D eigenvalue weighted by Gasteiger charge is 2.42. The summed E-state index contributed by atoms with van der Waals surface area (Å²) >= 11 is 3.45. The van der Waals surface area contributed by atoms with Crippen molar-refractivity contribution in [1.29, 1.82) is 0 Å². The third-order valence-corrected chi connectivity index (χ3v) is 8.31. The number of rotatable bonds is 6. The number of nitrogens with zero attached hydrogens (tertiary/aromatic N) is 3. The van der Waals surface area contributed by atoms with Crippen LogP contribution >= 0.6 is 15.9 Å². The molecule has 1 fully saturated rings. The Bertz CT molecular complexity index is 1620. The van der Waals surface area contributed by atoms with Gasteiger partial charge >= 0.3 is 0 Å². The lowest BCUT2D eigenvalue weighted by Crippen LogP contribution is -2.44. The fourth-order valence-electron chi connectivity index (χ4n) is 5.83. The number of amides is 3. The van der Waals surface area contributed by atoms with E-state index in [4.69, 9.17) is 0 Å². The van der Waals surface area contributed by atoms with Crippen molar-refractivity contribution in [2.24, 2.45) is 5.92 Å². The first-order chi connectivity index (χ1) is 19.3. The van der Waals surface area contributed by atoms with E-state index >= 15 is 0 Å². The van der Waals surface area contributed by atoms with Gasteiger partial charge in [0.2, 0.25) is 0 Å². The van der Waals surface area contributed by atoms with E-state index in [1.54, 1.807) is 23.1 Å². The van der Waals surface area contributed by atoms with Crippen molar-refractivity contribution in [2.75, 3.05) is 19.6 Å². The summed E-state index contributed by atoms with van der Waals surface area (Å²) in [5, 5.41) is 11.0. The Morgan fingerprint density at radius 2 is 1.82 bits per heavy atom. The zero-order valence-corrected chi connectivity index (χ0v) is 23.9. The Morgan fingerprint density at radius 3 is 2.60 bits per heavy atom. The fourth-order valence-corrected chi connectivity index (χ4v) is 6.23. The second-order valence-corrected chi connectivity index (χ2v) is 11.8. The average Bonchev–Trinajstić information content (AvgIpc) is 3.55. The quantitative estimate of drug-likeness (QED) is 0.327. The number of H-pyrrole nitrogens is 1. The lowest BCUT2D eigenvalue weighted by Gasteiger charge is -2.29. The second kappa shape index (κ2) is 10.5. The number of hydrogen-bond acceptors (Lipinski definition) is 4. The third-order valence-electron chi connectivity index (χ3n) is 7.71. The van der Waals surface area contributed by atoms with Crippen LogP contribution in [0.5, 0.6) is 0 Å². The smallest absolute Gasteiger partial charge is 0.254 e. The molecule has 6 rings (SSSR count). The van der Waals surface area contributed by atoms with E-state index < -0.39 is 0 Å². The molecule has 0 aliphatic carbocycles. The highest BCUT2D eigenvalue weighted by atomic mass is 79.9. The van der Waals surface area contributed by atoms with Crippen molar-refractivity contribution in [1.82, 2.24) is 25.3 Å². The largest absolute Gasteiger partial charge is 0.347 e. The van der Waals surface area contributed by atoms with Crippen LogP contribution in [-0.2, 0) is 6.54 Å². The van der Waals surface area contributed by atoms with Gasteiger partial charge in [0.15, 0.2) is 0 Å². The van der Waals surface area contributed by atoms with E-state index in [1.807, 2.05) is 53.4 Å². The van der Waals surface area contributed by atoms with Gasteiger partial charge < -0.3 is 15.1 Å². The molecule has 0 saturated carbocycles. The van der Waals surface area contributed by atoms with Gasteiger partial charge in [0.05, 0.1) is 11.6 Å². The van der Waals surface area contributed by atoms with Crippen LogP contribution in [0.3, 0.4) is 0 Å². The Hall–Kier alpha value is -3.98. The van der Waals surface area contributed by atoms with Crippen LogP contribution < -0.4 is 5.32 Å². The van der Waals surface area contributed by atoms with E-state index in [9.17, 15) is 14.4 Å². The Morgan fingerprint density at radius 1 is 1.05 bits per heavy atom. The number of benzene rings is 3. The summed E-state index contributed by atoms with van der Waals surface area (Å²) < 4.78 is 0.726. The lowest BCUT2D eigenvalue weighted by molar-refractivity contribution is 0.0721. The zero-order chi connectivity index (χ0) is 28.0. The Labute approximate surface area is 240 Å². The van der Waals surface area contributed by atoms with Crippen molar-refractivity contribution in [3.8, 4) is 0 Å². The summed E-state index contributed by atoms with van der Waals surface area (Å²) in [6.45, 7) is 6.20. The van der Waals surface area contributed by atoms with Crippen LogP contribution in [-0.4, -0.2) is 63.4 Å². The van der Waals surface area contributed by atoms with Gasteiger partial charge in [-0.05, 0) is 69.4 Å². The summed E-state index contributed by atoms with van der Waals surface area (Å²) in [6.07, 6.45) is 0. The molecule has 3 amide bonds. The standard InChI is InChI=1S/C31H30BrN5O3/c1-18(2)14-36(15-19-6-4-3-5-7-19)30(39)20-8-10-22-23(12-20)25-16-37(17-27(25)33-29(22)38)31(40)21-9-11-26-24(13-21)28(32)35-34-26/h3-13,18,25,27H,14-17H2,1-2H3,(H,33,38)(H,34,35). The molecule has 3 aromatic carbocycles. The molecule has 2 unspecified atom stereocenters. The number of carbonyl (C=O) groups excluding carboxylic acids is 3. The minimum atomic E-state index is -0.213. The predicted molar refractivity (Wildman–Crippen MR) is 156 cm³/mol. The van der Waals surface area contributed by atoms with E-state index in [1.165, 1.54) is 0 Å². The molecule has 0 spiro atoms. The van der Waals surface area contributed by atoms with E-state index in [0.29, 0.717) is 48.8 Å². The number of aromatic amines is 1. The van der Waals surface area contributed by atoms with Crippen LogP contribution in [0, 0.1) is 5.92 Å². The summed E-state index contributed by atoms with van der Waals surface area (Å²) in [6, 6.07) is 20.5. The van der Waals surface area contributed by atoms with Gasteiger partial charge in [0.1, 0.15) is 4.60 Å². The molecular formula is C31H30BrN5O3. The van der Waals surface area contributed by atoms with Crippen molar-refractivity contribution < 1.29 is 14.4 Å². The lowest BCUT2D eigenvalue weighted by atomic mass is 9.85. The van der Waals surface area contributed by atoms with Gasteiger partial charge in [-0.1, -0.05) is 44.2 Å². The van der Waals surface area contributed by atoms with Crippen LogP contribution in [0.15, 0.2) is 71.3 Å². The molecule has 2 N–H and O–H groups in total. The van der Waals surface area contributed by atoms with Gasteiger partial charge in [-0.15, -0.1) is 0 Å². The topological polar surface area (TPSA) is 98.4 Å². The molecule has 9 heteroatoms. The minimum Gasteiger partial charge on any atom is -0.347 e. The number of halogens is 1. The second-order valence-electron chi connectivity index (χ2n) is 11.0. The molecule has 0 radical (unpaired) electrons. The van der Waals surface area contributed by atoms with Gasteiger partial charge in [-0.2, -0.15) is 5.10 Å². The first-order valence-corrected chi connectivity index (χ1v) is 14.3. The molecule has 2 aliphatic rings. The first-order valence-electron chi connectivity index (χ1n) is 13.5. The number of aromatic nitrogens is 2. The molecule has 1 aromatic heterocycles. The van der Waals surface area contributed by atoms with Crippen LogP contribution in [0.25, 0.3) is 10.9 Å². The number of carbonyl (C=O) groups is 3. The van der Waals surface area contributed by atoms with Crippen LogP contribution in [0.2, 0.25) is 0 Å². The van der Waals surface area contributed by atoms with Crippen molar-refractivity contribution in [2.45, 2.75) is 32.4 Å². The molecule has 204 valence electrons. The average molecular weight is 601 g/mol. The van der Waals surface area contributed by atoms with Gasteiger partial charge in [0.25, 0.3) is 17.7 Å². The Kier molecular flexibility index (Phi) is 6.92. The summed E-state index contributed by atoms with van der Waals surface area (Å²) in [4.78, 5) is 43.9. The van der Waals surface area contributed by atoms with E-state index in [-0.39, 0.29) is 29.7 Å². The first kappa shape index (κ1) is 26.3. The summed E-state index contributed by atoms with van der Waals surface area (Å²) in [7, 11) is 0. The van der Waals surface area contributed by atoms with Crippen LogP contribution in [0.1, 0.15) is 62.0 Å². The maximum Gasteiger partial charge on any atom is 0.254 e. The minimum absolute atomic E-state index is 0.0622.